The minimum atomic E-state index is -0.148. The second kappa shape index (κ2) is 6.48. The topological polar surface area (TPSA) is 26.3 Å². The molecule has 1 aliphatic heterocycles. The number of esters is 1. The van der Waals surface area contributed by atoms with E-state index in [9.17, 15) is 4.79 Å². The van der Waals surface area contributed by atoms with E-state index in [1.54, 1.807) is 0 Å². The van der Waals surface area contributed by atoms with Crippen molar-refractivity contribution >= 4 is 37.1 Å². The number of carbonyl (C=O) groups excluding carboxylic acids is 1. The van der Waals surface area contributed by atoms with Crippen molar-refractivity contribution in [2.45, 2.75) is 30.0 Å². The first kappa shape index (κ1) is 13.0. The van der Waals surface area contributed by atoms with Crippen LogP contribution in [0.4, 0.5) is 0 Å². The molecular formula is C13H16O2SSe. The molecule has 17 heavy (non-hydrogen) atoms. The molecule has 0 saturated carbocycles. The van der Waals surface area contributed by atoms with Crippen LogP contribution in [-0.4, -0.2) is 38.0 Å². The Labute approximate surface area is 113 Å². The maximum atomic E-state index is 10.9. The molecule has 92 valence electrons. The van der Waals surface area contributed by atoms with Gasteiger partial charge in [0.05, 0.1) is 0 Å². The fourth-order valence-electron chi connectivity index (χ4n) is 1.81. The van der Waals surface area contributed by atoms with Crippen molar-refractivity contribution in [2.24, 2.45) is 0 Å². The van der Waals surface area contributed by atoms with E-state index in [-0.39, 0.29) is 12.1 Å². The normalized spacial score (nSPS) is 23.6. The summed E-state index contributed by atoms with van der Waals surface area (Å²) in [4.78, 5) is 10.9. The van der Waals surface area contributed by atoms with Crippen LogP contribution >= 0.6 is 11.8 Å². The molecule has 1 saturated heterocycles. The molecule has 0 spiro atoms. The molecule has 2 atom stereocenters. The Kier molecular flexibility index (Phi) is 4.96. The molecule has 1 aromatic rings. The summed E-state index contributed by atoms with van der Waals surface area (Å²) >= 11 is 2.50. The van der Waals surface area contributed by atoms with Gasteiger partial charge in [-0.05, 0) is 0 Å². The Hall–Kier alpha value is -0.441. The SMILES string of the molecule is CC(=O)O[C@H]1CS[C@@H](C[Se]c2ccccc2)C1. The third kappa shape index (κ3) is 4.38. The Morgan fingerprint density at radius 3 is 2.94 bits per heavy atom. The van der Waals surface area contributed by atoms with Crippen molar-refractivity contribution < 1.29 is 9.53 Å². The fraction of sp³-hybridized carbons (Fsp3) is 0.462. The standard InChI is InChI=1S/C13H16O2SSe/c1-10(14)15-11-7-12(16-8-11)9-17-13-5-3-2-4-6-13/h2-6,11-12H,7-9H2,1H3/t11-,12-/m1/s1. The predicted molar refractivity (Wildman–Crippen MR) is 73.1 cm³/mol. The molecule has 4 heteroatoms. The summed E-state index contributed by atoms with van der Waals surface area (Å²) in [6.45, 7) is 1.49. The molecule has 0 aromatic heterocycles. The van der Waals surface area contributed by atoms with E-state index in [1.807, 2.05) is 11.8 Å². The number of hydrogen-bond donors (Lipinski definition) is 0. The van der Waals surface area contributed by atoms with E-state index in [1.165, 1.54) is 16.7 Å². The van der Waals surface area contributed by atoms with Gasteiger partial charge in [0.15, 0.2) is 0 Å². The molecule has 2 rings (SSSR count). The van der Waals surface area contributed by atoms with Crippen molar-refractivity contribution in [2.75, 3.05) is 5.75 Å². The average molecular weight is 315 g/mol. The van der Waals surface area contributed by atoms with E-state index in [0.29, 0.717) is 20.2 Å². The van der Waals surface area contributed by atoms with Crippen LogP contribution in [0.5, 0.6) is 0 Å². The third-order valence-corrected chi connectivity index (χ3v) is 6.89. The van der Waals surface area contributed by atoms with Crippen LogP contribution in [0.15, 0.2) is 30.3 Å². The first-order valence-electron chi connectivity index (χ1n) is 5.70. The summed E-state index contributed by atoms with van der Waals surface area (Å²) in [6.07, 6.45) is 1.17. The van der Waals surface area contributed by atoms with Crippen molar-refractivity contribution in [3.8, 4) is 0 Å². The zero-order chi connectivity index (χ0) is 12.1. The molecule has 2 nitrogen and oxygen atoms in total. The molecule has 1 fully saturated rings. The Morgan fingerprint density at radius 2 is 2.24 bits per heavy atom. The summed E-state index contributed by atoms with van der Waals surface area (Å²) in [6, 6.07) is 10.6. The van der Waals surface area contributed by atoms with Gasteiger partial charge in [0, 0.05) is 0 Å². The van der Waals surface area contributed by atoms with Crippen molar-refractivity contribution in [1.29, 1.82) is 0 Å². The molecule has 0 aliphatic carbocycles. The Morgan fingerprint density at radius 1 is 1.47 bits per heavy atom. The van der Waals surface area contributed by atoms with Gasteiger partial charge in [-0.1, -0.05) is 0 Å². The quantitative estimate of drug-likeness (QED) is 0.627. The monoisotopic (exact) mass is 316 g/mol. The first-order chi connectivity index (χ1) is 8.24. The Bertz CT molecular complexity index is 369. The summed E-state index contributed by atoms with van der Waals surface area (Å²) in [5, 5.41) is 1.90. The van der Waals surface area contributed by atoms with E-state index in [4.69, 9.17) is 4.74 Å². The predicted octanol–water partition coefficient (Wildman–Crippen LogP) is 1.87. The second-order valence-electron chi connectivity index (χ2n) is 4.05. The van der Waals surface area contributed by atoms with Crippen molar-refractivity contribution in [3.63, 3.8) is 0 Å². The molecule has 0 bridgehead atoms. The number of hydrogen-bond acceptors (Lipinski definition) is 3. The first-order valence-corrected chi connectivity index (χ1v) is 8.82. The Balaban J connectivity index is 1.73. The van der Waals surface area contributed by atoms with Crippen LogP contribution in [-0.2, 0) is 9.53 Å². The average Bonchev–Trinajstić information content (AvgIpc) is 2.75. The van der Waals surface area contributed by atoms with Crippen LogP contribution in [0.1, 0.15) is 13.3 Å². The number of benzene rings is 1. The van der Waals surface area contributed by atoms with Gasteiger partial charge in [-0.25, -0.2) is 0 Å². The molecule has 1 heterocycles. The maximum absolute atomic E-state index is 10.9. The molecule has 0 radical (unpaired) electrons. The zero-order valence-electron chi connectivity index (χ0n) is 9.80. The molecule has 0 amide bonds. The van der Waals surface area contributed by atoms with E-state index < -0.39 is 0 Å². The van der Waals surface area contributed by atoms with Crippen LogP contribution in [0.2, 0.25) is 5.32 Å². The van der Waals surface area contributed by atoms with E-state index in [0.717, 1.165) is 12.2 Å². The third-order valence-electron chi connectivity index (χ3n) is 2.56. The number of thioether (sulfide) groups is 1. The van der Waals surface area contributed by atoms with Gasteiger partial charge in [0.25, 0.3) is 0 Å². The van der Waals surface area contributed by atoms with Crippen LogP contribution in [0.3, 0.4) is 0 Å². The summed E-state index contributed by atoms with van der Waals surface area (Å²) in [5.41, 5.74) is 0. The molecule has 0 N–H and O–H groups in total. The van der Waals surface area contributed by atoms with Gasteiger partial charge in [0.1, 0.15) is 0 Å². The van der Waals surface area contributed by atoms with Crippen molar-refractivity contribution in [3.05, 3.63) is 30.3 Å². The van der Waals surface area contributed by atoms with Crippen LogP contribution in [0, 0.1) is 0 Å². The van der Waals surface area contributed by atoms with Gasteiger partial charge in [-0.15, -0.1) is 0 Å². The van der Waals surface area contributed by atoms with E-state index >= 15 is 0 Å². The van der Waals surface area contributed by atoms with Gasteiger partial charge in [-0.3, -0.25) is 0 Å². The summed E-state index contributed by atoms with van der Waals surface area (Å²) in [7, 11) is 0. The van der Waals surface area contributed by atoms with Crippen LogP contribution in [0.25, 0.3) is 0 Å². The molecule has 0 unspecified atom stereocenters. The molecular weight excluding hydrogens is 299 g/mol. The van der Waals surface area contributed by atoms with Gasteiger partial charge >= 0.3 is 113 Å². The fourth-order valence-corrected chi connectivity index (χ4v) is 5.72. The zero-order valence-corrected chi connectivity index (χ0v) is 12.3. The molecule has 1 aromatic carbocycles. The summed E-state index contributed by atoms with van der Waals surface area (Å²) in [5.74, 6) is 0.819. The van der Waals surface area contributed by atoms with Crippen LogP contribution < -0.4 is 4.46 Å². The minimum absolute atomic E-state index is 0.147. The second-order valence-corrected chi connectivity index (χ2v) is 7.67. The van der Waals surface area contributed by atoms with E-state index in [2.05, 4.69) is 30.3 Å². The van der Waals surface area contributed by atoms with Crippen molar-refractivity contribution in [1.82, 2.24) is 0 Å². The summed E-state index contributed by atoms with van der Waals surface area (Å²) < 4.78 is 6.70. The van der Waals surface area contributed by atoms with Gasteiger partial charge in [0.2, 0.25) is 0 Å². The van der Waals surface area contributed by atoms with Gasteiger partial charge < -0.3 is 0 Å². The number of ether oxygens (including phenoxy) is 1. The molecule has 1 aliphatic rings. The number of carbonyl (C=O) groups is 1. The van der Waals surface area contributed by atoms with Gasteiger partial charge in [-0.2, -0.15) is 0 Å². The number of rotatable bonds is 4.